The predicted octanol–water partition coefficient (Wildman–Crippen LogP) is 3.70. The minimum Gasteiger partial charge on any atom is -0.383 e. The maximum atomic E-state index is 14.2. The smallest absolute Gasteiger partial charge is 0.252 e. The number of carbonyl (C=O) groups is 1. The fraction of sp³-hybridized carbons (Fsp3) is 0.286. The molecule has 5 heteroatoms. The summed E-state index contributed by atoms with van der Waals surface area (Å²) in [6.45, 7) is 0.141. The molecule has 134 valence electrons. The molecule has 2 aromatic rings. The minimum absolute atomic E-state index is 0.00822. The fourth-order valence-electron chi connectivity index (χ4n) is 3.46. The van der Waals surface area contributed by atoms with E-state index in [-0.39, 0.29) is 23.9 Å². The number of benzene rings is 2. The van der Waals surface area contributed by atoms with Gasteiger partial charge in [-0.1, -0.05) is 36.4 Å². The van der Waals surface area contributed by atoms with Gasteiger partial charge in [-0.3, -0.25) is 4.79 Å². The Bertz CT molecular complexity index is 862. The SMILES string of the molecule is O=C(C(O)C1CC1)N1CC(c2cc(F)ccc2F)=C[C@H]1c1ccccc1. The maximum Gasteiger partial charge on any atom is 0.252 e. The number of rotatable bonds is 4. The maximum absolute atomic E-state index is 14.2. The standard InChI is InChI=1S/C21H19F2NO2/c22-16-8-9-18(23)17(11-16)15-10-19(13-4-2-1-3-5-13)24(12-15)21(26)20(25)14-6-7-14/h1-5,8-11,14,19-20,25H,6-7,12H2/t19-,20?/m0/s1. The lowest BCUT2D eigenvalue weighted by atomic mass is 10.0. The minimum atomic E-state index is -1.04. The Labute approximate surface area is 150 Å². The molecule has 2 aromatic carbocycles. The van der Waals surface area contributed by atoms with E-state index in [1.807, 2.05) is 30.3 Å². The zero-order valence-corrected chi connectivity index (χ0v) is 14.1. The second-order valence-electron chi connectivity index (χ2n) is 6.92. The van der Waals surface area contributed by atoms with Gasteiger partial charge in [0.05, 0.1) is 6.04 Å². The monoisotopic (exact) mass is 355 g/mol. The van der Waals surface area contributed by atoms with Crippen LogP contribution in [0.25, 0.3) is 5.57 Å². The Morgan fingerprint density at radius 2 is 1.85 bits per heavy atom. The molecule has 2 atom stereocenters. The number of carbonyl (C=O) groups excluding carboxylic acids is 1. The molecule has 0 spiro atoms. The number of hydrogen-bond acceptors (Lipinski definition) is 2. The number of hydrogen-bond donors (Lipinski definition) is 1. The van der Waals surface area contributed by atoms with Crippen LogP contribution < -0.4 is 0 Å². The number of halogens is 2. The number of amides is 1. The van der Waals surface area contributed by atoms with Gasteiger partial charge in [0.25, 0.3) is 5.91 Å². The van der Waals surface area contributed by atoms with Crippen LogP contribution in [0, 0.1) is 17.6 Å². The van der Waals surface area contributed by atoms with Crippen molar-refractivity contribution in [2.24, 2.45) is 5.92 Å². The van der Waals surface area contributed by atoms with Crippen LogP contribution in [-0.2, 0) is 4.79 Å². The quantitative estimate of drug-likeness (QED) is 0.908. The lowest BCUT2D eigenvalue weighted by Gasteiger charge is -2.27. The van der Waals surface area contributed by atoms with E-state index in [9.17, 15) is 18.7 Å². The third kappa shape index (κ3) is 3.15. The Morgan fingerprint density at radius 3 is 2.54 bits per heavy atom. The first-order valence-corrected chi connectivity index (χ1v) is 8.74. The first-order valence-electron chi connectivity index (χ1n) is 8.74. The molecule has 1 fully saturated rings. The number of aliphatic hydroxyl groups is 1. The summed E-state index contributed by atoms with van der Waals surface area (Å²) in [7, 11) is 0. The molecule has 3 nitrogen and oxygen atoms in total. The van der Waals surface area contributed by atoms with Crippen LogP contribution in [0.2, 0.25) is 0 Å². The van der Waals surface area contributed by atoms with Gasteiger partial charge < -0.3 is 10.0 Å². The van der Waals surface area contributed by atoms with E-state index in [4.69, 9.17) is 0 Å². The molecule has 2 aliphatic rings. The summed E-state index contributed by atoms with van der Waals surface area (Å²) >= 11 is 0. The lowest BCUT2D eigenvalue weighted by molar-refractivity contribution is -0.141. The zero-order chi connectivity index (χ0) is 18.3. The van der Waals surface area contributed by atoms with Gasteiger partial charge >= 0.3 is 0 Å². The second kappa shape index (κ2) is 6.65. The Morgan fingerprint density at radius 1 is 1.12 bits per heavy atom. The van der Waals surface area contributed by atoms with Crippen molar-refractivity contribution in [1.29, 1.82) is 0 Å². The van der Waals surface area contributed by atoms with E-state index < -0.39 is 23.8 Å². The molecule has 1 unspecified atom stereocenters. The third-order valence-electron chi connectivity index (χ3n) is 5.06. The molecule has 4 rings (SSSR count). The van der Waals surface area contributed by atoms with Gasteiger partial charge in [0, 0.05) is 12.1 Å². The molecule has 0 radical (unpaired) electrons. The highest BCUT2D eigenvalue weighted by Gasteiger charge is 2.40. The molecule has 0 saturated heterocycles. The molecule has 1 aliphatic carbocycles. The van der Waals surface area contributed by atoms with Crippen LogP contribution in [-0.4, -0.2) is 28.6 Å². The summed E-state index contributed by atoms with van der Waals surface area (Å²) in [5.41, 5.74) is 1.57. The molecule has 1 amide bonds. The summed E-state index contributed by atoms with van der Waals surface area (Å²) < 4.78 is 27.8. The van der Waals surface area contributed by atoms with Gasteiger partial charge in [-0.2, -0.15) is 0 Å². The number of aliphatic hydroxyl groups excluding tert-OH is 1. The average Bonchev–Trinajstić information content (AvgIpc) is 3.41. The molecule has 0 aromatic heterocycles. The second-order valence-corrected chi connectivity index (χ2v) is 6.92. The van der Waals surface area contributed by atoms with Crippen molar-refractivity contribution >= 4 is 11.5 Å². The first kappa shape index (κ1) is 16.9. The predicted molar refractivity (Wildman–Crippen MR) is 94.0 cm³/mol. The molecule has 1 aliphatic heterocycles. The van der Waals surface area contributed by atoms with Crippen LogP contribution in [0.3, 0.4) is 0 Å². The zero-order valence-electron chi connectivity index (χ0n) is 14.1. The van der Waals surface area contributed by atoms with E-state index in [1.165, 1.54) is 0 Å². The summed E-state index contributed by atoms with van der Waals surface area (Å²) in [6, 6.07) is 12.3. The van der Waals surface area contributed by atoms with Crippen molar-refractivity contribution in [2.45, 2.75) is 25.0 Å². The van der Waals surface area contributed by atoms with Crippen LogP contribution in [0.5, 0.6) is 0 Å². The summed E-state index contributed by atoms with van der Waals surface area (Å²) in [4.78, 5) is 14.4. The van der Waals surface area contributed by atoms with Crippen molar-refractivity contribution in [3.8, 4) is 0 Å². The number of nitrogens with zero attached hydrogens (tertiary/aromatic N) is 1. The summed E-state index contributed by atoms with van der Waals surface area (Å²) in [5, 5.41) is 10.3. The highest BCUT2D eigenvalue weighted by atomic mass is 19.1. The topological polar surface area (TPSA) is 40.5 Å². The van der Waals surface area contributed by atoms with Crippen LogP contribution in [0.15, 0.2) is 54.6 Å². The van der Waals surface area contributed by atoms with Crippen molar-refractivity contribution in [2.75, 3.05) is 6.54 Å². The highest BCUT2D eigenvalue weighted by molar-refractivity contribution is 5.86. The molecular formula is C21H19F2NO2. The summed E-state index contributed by atoms with van der Waals surface area (Å²) in [6.07, 6.45) is 2.43. The molecular weight excluding hydrogens is 336 g/mol. The van der Waals surface area contributed by atoms with Crippen molar-refractivity contribution in [1.82, 2.24) is 4.90 Å². The van der Waals surface area contributed by atoms with Crippen molar-refractivity contribution in [3.05, 3.63) is 77.4 Å². The van der Waals surface area contributed by atoms with Gasteiger partial charge in [0.1, 0.15) is 17.7 Å². The van der Waals surface area contributed by atoms with Crippen molar-refractivity contribution < 1.29 is 18.7 Å². The average molecular weight is 355 g/mol. The van der Waals surface area contributed by atoms with Gasteiger partial charge in [0.15, 0.2) is 0 Å². The van der Waals surface area contributed by atoms with E-state index in [2.05, 4.69) is 0 Å². The Balaban J connectivity index is 1.71. The van der Waals surface area contributed by atoms with E-state index in [1.54, 1.807) is 11.0 Å². The van der Waals surface area contributed by atoms with Gasteiger partial charge in [-0.25, -0.2) is 8.78 Å². The van der Waals surface area contributed by atoms with Crippen molar-refractivity contribution in [3.63, 3.8) is 0 Å². The Kier molecular flexibility index (Phi) is 4.32. The highest BCUT2D eigenvalue weighted by Crippen LogP contribution is 2.39. The third-order valence-corrected chi connectivity index (χ3v) is 5.06. The first-order chi connectivity index (χ1) is 12.5. The van der Waals surface area contributed by atoms with E-state index in [0.29, 0.717) is 5.57 Å². The van der Waals surface area contributed by atoms with E-state index >= 15 is 0 Å². The Hall–Kier alpha value is -2.53. The molecule has 1 N–H and O–H groups in total. The molecule has 0 bridgehead atoms. The summed E-state index contributed by atoms with van der Waals surface area (Å²) in [5.74, 6) is -1.40. The van der Waals surface area contributed by atoms with Crippen LogP contribution >= 0.6 is 0 Å². The van der Waals surface area contributed by atoms with Gasteiger partial charge in [-0.05, 0) is 48.1 Å². The van der Waals surface area contributed by atoms with Gasteiger partial charge in [0.2, 0.25) is 0 Å². The van der Waals surface area contributed by atoms with E-state index in [0.717, 1.165) is 36.6 Å². The van der Waals surface area contributed by atoms with Crippen LogP contribution in [0.4, 0.5) is 8.78 Å². The van der Waals surface area contributed by atoms with Crippen LogP contribution in [0.1, 0.15) is 30.0 Å². The molecule has 1 saturated carbocycles. The normalized spacial score (nSPS) is 20.8. The van der Waals surface area contributed by atoms with Gasteiger partial charge in [-0.15, -0.1) is 0 Å². The lowest BCUT2D eigenvalue weighted by Crippen LogP contribution is -2.40. The largest absolute Gasteiger partial charge is 0.383 e. The molecule has 26 heavy (non-hydrogen) atoms. The molecule has 1 heterocycles. The fourth-order valence-corrected chi connectivity index (χ4v) is 3.46.